The van der Waals surface area contributed by atoms with Crippen molar-refractivity contribution in [1.82, 2.24) is 0 Å². The van der Waals surface area contributed by atoms with E-state index in [1.54, 1.807) is 0 Å². The molecule has 1 fully saturated rings. The number of benzene rings is 2. The molecule has 1 atom stereocenters. The second kappa shape index (κ2) is 6.89. The maximum absolute atomic E-state index is 8.98. The molecule has 0 radical (unpaired) electrons. The zero-order valence-electron chi connectivity index (χ0n) is 12.0. The van der Waals surface area contributed by atoms with E-state index < -0.39 is 0 Å². The van der Waals surface area contributed by atoms with Gasteiger partial charge in [0.15, 0.2) is 6.04 Å². The van der Waals surface area contributed by atoms with E-state index in [-0.39, 0.29) is 17.0 Å². The Hall–Kier alpha value is -1.63. The van der Waals surface area contributed by atoms with Crippen LogP contribution in [-0.2, 0) is 13.1 Å². The van der Waals surface area contributed by atoms with Crippen molar-refractivity contribution in [2.45, 2.75) is 25.6 Å². The number of quaternary nitrogens is 1. The second-order valence-corrected chi connectivity index (χ2v) is 5.70. The van der Waals surface area contributed by atoms with Crippen LogP contribution in [0.4, 0.5) is 0 Å². The molecule has 1 heterocycles. The molecule has 3 heteroatoms. The number of rotatable bonds is 5. The molecule has 2 aromatic rings. The molecule has 108 valence electrons. The number of hydrogen-bond donors (Lipinski definition) is 0. The molecule has 3 rings (SSSR count). The maximum atomic E-state index is 8.98. The minimum Gasteiger partial charge on any atom is -1.00 e. The van der Waals surface area contributed by atoms with Crippen molar-refractivity contribution in [3.63, 3.8) is 0 Å². The van der Waals surface area contributed by atoms with Gasteiger partial charge in [0.05, 0.1) is 12.5 Å². The highest BCUT2D eigenvalue weighted by atomic mass is 79.9. The third kappa shape index (κ3) is 3.72. The van der Waals surface area contributed by atoms with Crippen LogP contribution in [0.25, 0.3) is 0 Å². The topological polar surface area (TPSA) is 23.8 Å². The van der Waals surface area contributed by atoms with Crippen molar-refractivity contribution in [1.29, 1.82) is 5.26 Å². The predicted octanol–water partition coefficient (Wildman–Crippen LogP) is 0.503. The van der Waals surface area contributed by atoms with Gasteiger partial charge in [0.1, 0.15) is 19.6 Å². The molecule has 0 aromatic heterocycles. The van der Waals surface area contributed by atoms with Gasteiger partial charge in [0.2, 0.25) is 0 Å². The summed E-state index contributed by atoms with van der Waals surface area (Å²) >= 11 is 0. The van der Waals surface area contributed by atoms with Crippen LogP contribution < -0.4 is 17.0 Å². The van der Waals surface area contributed by atoms with Crippen LogP contribution in [0.2, 0.25) is 0 Å². The van der Waals surface area contributed by atoms with Crippen molar-refractivity contribution in [2.75, 3.05) is 6.54 Å². The van der Waals surface area contributed by atoms with Gasteiger partial charge in [0.25, 0.3) is 0 Å². The minimum absolute atomic E-state index is 0. The summed E-state index contributed by atoms with van der Waals surface area (Å²) in [5.74, 6) is 0. The molecule has 2 nitrogen and oxygen atoms in total. The standard InChI is InChI=1S/C18H19N2.BrH/c19-12-11-18-15-20(18,13-16-7-3-1-4-8-16)14-17-9-5-2-6-10-17;/h1-10,18H,11,13-15H2;1H/q+1;/p-1. The lowest BCUT2D eigenvalue weighted by Gasteiger charge is -2.21. The largest absolute Gasteiger partial charge is 1.00 e. The SMILES string of the molecule is N#CCC1C[N+]1(Cc1ccccc1)Cc1ccccc1.[Br-]. The zero-order chi connectivity index (χ0) is 13.8. The first-order chi connectivity index (χ1) is 9.82. The lowest BCUT2D eigenvalue weighted by atomic mass is 10.1. The van der Waals surface area contributed by atoms with E-state index >= 15 is 0 Å². The number of nitrogens with zero attached hydrogens (tertiary/aromatic N) is 2. The van der Waals surface area contributed by atoms with Crippen LogP contribution in [-0.4, -0.2) is 17.1 Å². The summed E-state index contributed by atoms with van der Waals surface area (Å²) in [6, 6.07) is 24.1. The second-order valence-electron chi connectivity index (χ2n) is 5.70. The first-order valence-corrected chi connectivity index (χ1v) is 7.13. The van der Waals surface area contributed by atoms with E-state index in [2.05, 4.69) is 66.7 Å². The number of halogens is 1. The molecule has 1 aliphatic heterocycles. The monoisotopic (exact) mass is 342 g/mol. The molecule has 1 aliphatic rings. The van der Waals surface area contributed by atoms with Gasteiger partial charge in [0, 0.05) is 11.1 Å². The lowest BCUT2D eigenvalue weighted by Crippen LogP contribution is -3.00. The van der Waals surface area contributed by atoms with Gasteiger partial charge < -0.3 is 21.5 Å². The van der Waals surface area contributed by atoms with Gasteiger partial charge in [-0.2, -0.15) is 5.26 Å². The molecular weight excluding hydrogens is 324 g/mol. The van der Waals surface area contributed by atoms with E-state index in [0.717, 1.165) is 24.1 Å². The molecule has 1 unspecified atom stereocenters. The third-order valence-electron chi connectivity index (χ3n) is 4.22. The normalized spacial score (nSPS) is 18.3. The number of nitriles is 1. The smallest absolute Gasteiger partial charge is 0.152 e. The summed E-state index contributed by atoms with van der Waals surface area (Å²) in [6.45, 7) is 3.18. The van der Waals surface area contributed by atoms with Gasteiger partial charge >= 0.3 is 0 Å². The summed E-state index contributed by atoms with van der Waals surface area (Å²) < 4.78 is 1.03. The molecule has 0 N–H and O–H groups in total. The fourth-order valence-corrected chi connectivity index (χ4v) is 3.07. The Balaban J connectivity index is 0.00000161. The molecule has 0 bridgehead atoms. The highest BCUT2D eigenvalue weighted by Gasteiger charge is 2.54. The van der Waals surface area contributed by atoms with Crippen molar-refractivity contribution in [3.05, 3.63) is 71.8 Å². The molecule has 0 aliphatic carbocycles. The molecular formula is C18H19BrN2. The lowest BCUT2D eigenvalue weighted by molar-refractivity contribution is -0.841. The summed E-state index contributed by atoms with van der Waals surface area (Å²) in [5.41, 5.74) is 2.73. The summed E-state index contributed by atoms with van der Waals surface area (Å²) in [6.07, 6.45) is 0.666. The highest BCUT2D eigenvalue weighted by molar-refractivity contribution is 5.16. The van der Waals surface area contributed by atoms with E-state index in [1.165, 1.54) is 11.1 Å². The Morgan fingerprint density at radius 2 is 1.38 bits per heavy atom. The van der Waals surface area contributed by atoms with Crippen LogP contribution in [0.3, 0.4) is 0 Å². The average molecular weight is 343 g/mol. The average Bonchev–Trinajstić information content (AvgIpc) is 3.13. The van der Waals surface area contributed by atoms with Crippen molar-refractivity contribution in [3.8, 4) is 6.07 Å². The Morgan fingerprint density at radius 3 is 1.81 bits per heavy atom. The van der Waals surface area contributed by atoms with Crippen LogP contribution in [0.15, 0.2) is 60.7 Å². The van der Waals surface area contributed by atoms with E-state index in [0.29, 0.717) is 12.5 Å². The van der Waals surface area contributed by atoms with Crippen LogP contribution in [0.1, 0.15) is 17.5 Å². The first kappa shape index (κ1) is 15.8. The molecule has 21 heavy (non-hydrogen) atoms. The van der Waals surface area contributed by atoms with Gasteiger partial charge in [-0.15, -0.1) is 0 Å². The molecule has 0 amide bonds. The molecule has 0 saturated carbocycles. The van der Waals surface area contributed by atoms with Crippen molar-refractivity contribution >= 4 is 0 Å². The van der Waals surface area contributed by atoms with Gasteiger partial charge in [-0.3, -0.25) is 0 Å². The zero-order valence-corrected chi connectivity index (χ0v) is 13.5. The summed E-state index contributed by atoms with van der Waals surface area (Å²) in [5, 5.41) is 8.98. The number of hydrogen-bond acceptors (Lipinski definition) is 1. The molecule has 0 spiro atoms. The Kier molecular flexibility index (Phi) is 5.17. The highest BCUT2D eigenvalue weighted by Crippen LogP contribution is 2.38. The Morgan fingerprint density at radius 1 is 0.905 bits per heavy atom. The van der Waals surface area contributed by atoms with Crippen molar-refractivity contribution in [2.24, 2.45) is 0 Å². The first-order valence-electron chi connectivity index (χ1n) is 7.13. The fraction of sp³-hybridized carbons (Fsp3) is 0.278. The Labute approximate surface area is 137 Å². The quantitative estimate of drug-likeness (QED) is 0.573. The fourth-order valence-electron chi connectivity index (χ4n) is 3.07. The van der Waals surface area contributed by atoms with E-state index in [1.807, 2.05) is 0 Å². The van der Waals surface area contributed by atoms with Crippen LogP contribution in [0.5, 0.6) is 0 Å². The third-order valence-corrected chi connectivity index (χ3v) is 4.22. The van der Waals surface area contributed by atoms with E-state index in [9.17, 15) is 0 Å². The predicted molar refractivity (Wildman–Crippen MR) is 79.4 cm³/mol. The van der Waals surface area contributed by atoms with Crippen molar-refractivity contribution < 1.29 is 21.5 Å². The molecule has 1 saturated heterocycles. The minimum atomic E-state index is 0. The van der Waals surface area contributed by atoms with Crippen LogP contribution in [0, 0.1) is 11.3 Å². The maximum Gasteiger partial charge on any atom is 0.152 e. The van der Waals surface area contributed by atoms with Gasteiger partial charge in [-0.05, 0) is 0 Å². The van der Waals surface area contributed by atoms with Gasteiger partial charge in [-0.1, -0.05) is 60.7 Å². The Bertz CT molecular complexity index is 563. The summed E-state index contributed by atoms with van der Waals surface area (Å²) in [4.78, 5) is 0. The molecule has 2 aromatic carbocycles. The van der Waals surface area contributed by atoms with Crippen LogP contribution >= 0.6 is 0 Å². The van der Waals surface area contributed by atoms with E-state index in [4.69, 9.17) is 5.26 Å². The summed E-state index contributed by atoms with van der Waals surface area (Å²) in [7, 11) is 0. The van der Waals surface area contributed by atoms with Gasteiger partial charge in [-0.25, -0.2) is 0 Å².